The molecular formula is C15H23Br2NO2S. The molecule has 0 radical (unpaired) electrons. The zero-order valence-corrected chi connectivity index (χ0v) is 16.9. The van der Waals surface area contributed by atoms with E-state index in [-0.39, 0.29) is 12.0 Å². The Morgan fingerprint density at radius 3 is 2.19 bits per heavy atom. The molecule has 6 heteroatoms. The molecule has 0 unspecified atom stereocenters. The minimum absolute atomic E-state index is 0.0308. The van der Waals surface area contributed by atoms with Crippen LogP contribution in [0.15, 0.2) is 32.0 Å². The topological polar surface area (TPSA) is 37.4 Å². The number of benzene rings is 1. The number of sulfonamides is 1. The van der Waals surface area contributed by atoms with Gasteiger partial charge in [0.1, 0.15) is 0 Å². The smallest absolute Gasteiger partial charge is 0.207 e. The summed E-state index contributed by atoms with van der Waals surface area (Å²) in [4.78, 5) is 0.324. The van der Waals surface area contributed by atoms with E-state index in [4.69, 9.17) is 0 Å². The van der Waals surface area contributed by atoms with E-state index in [1.165, 1.54) is 0 Å². The van der Waals surface area contributed by atoms with Crippen molar-refractivity contribution in [2.24, 2.45) is 5.92 Å². The molecule has 0 saturated carbocycles. The molecule has 3 nitrogen and oxygen atoms in total. The Labute approximate surface area is 145 Å². The second-order valence-electron chi connectivity index (χ2n) is 5.51. The van der Waals surface area contributed by atoms with Gasteiger partial charge in [-0.2, -0.15) is 4.31 Å². The Balaban J connectivity index is 3.35. The number of hydrogen-bond donors (Lipinski definition) is 0. The van der Waals surface area contributed by atoms with Crippen molar-refractivity contribution in [2.75, 3.05) is 6.54 Å². The van der Waals surface area contributed by atoms with E-state index in [0.29, 0.717) is 15.9 Å². The third kappa shape index (κ3) is 4.78. The summed E-state index contributed by atoms with van der Waals surface area (Å²) in [5.41, 5.74) is 0. The van der Waals surface area contributed by atoms with E-state index in [1.54, 1.807) is 16.4 Å². The fraction of sp³-hybridized carbons (Fsp3) is 0.600. The van der Waals surface area contributed by atoms with Gasteiger partial charge in [-0.05, 0) is 52.9 Å². The highest BCUT2D eigenvalue weighted by Gasteiger charge is 2.31. The normalized spacial score (nSPS) is 12.6. The van der Waals surface area contributed by atoms with Gasteiger partial charge in [-0.3, -0.25) is 0 Å². The van der Waals surface area contributed by atoms with Crippen molar-refractivity contribution in [1.82, 2.24) is 4.31 Å². The first kappa shape index (κ1) is 19.1. The molecule has 0 fully saturated rings. The number of nitrogens with zero attached hydrogens (tertiary/aromatic N) is 1. The summed E-state index contributed by atoms with van der Waals surface area (Å²) < 4.78 is 29.2. The van der Waals surface area contributed by atoms with Gasteiger partial charge in [0, 0.05) is 21.5 Å². The average Bonchev–Trinajstić information content (AvgIpc) is 2.41. The number of hydrogen-bond acceptors (Lipinski definition) is 2. The van der Waals surface area contributed by atoms with Gasteiger partial charge in [0.15, 0.2) is 0 Å². The molecule has 1 aromatic rings. The van der Waals surface area contributed by atoms with E-state index < -0.39 is 10.0 Å². The van der Waals surface area contributed by atoms with Gasteiger partial charge in [-0.1, -0.05) is 43.6 Å². The van der Waals surface area contributed by atoms with Crippen molar-refractivity contribution in [1.29, 1.82) is 0 Å². The predicted octanol–water partition coefficient (Wildman–Crippen LogP) is 5.05. The highest BCUT2D eigenvalue weighted by Crippen LogP contribution is 2.30. The second-order valence-corrected chi connectivity index (χ2v) is 9.14. The quantitative estimate of drug-likeness (QED) is 0.594. The Hall–Kier alpha value is 0.0900. The lowest BCUT2D eigenvalue weighted by atomic mass is 10.1. The van der Waals surface area contributed by atoms with Crippen LogP contribution in [0, 0.1) is 5.92 Å². The van der Waals surface area contributed by atoms with E-state index >= 15 is 0 Å². The fourth-order valence-corrected chi connectivity index (χ4v) is 5.70. The summed E-state index contributed by atoms with van der Waals surface area (Å²) in [6.07, 6.45) is 1.63. The van der Waals surface area contributed by atoms with Crippen LogP contribution in [-0.4, -0.2) is 25.3 Å². The van der Waals surface area contributed by atoms with E-state index in [0.717, 1.165) is 17.3 Å². The molecule has 0 spiro atoms. The SMILES string of the molecule is CCC(CC)N(CC(C)C)S(=O)(=O)c1cc(Br)ccc1Br. The van der Waals surface area contributed by atoms with Crippen LogP contribution >= 0.6 is 31.9 Å². The Morgan fingerprint density at radius 1 is 1.14 bits per heavy atom. The van der Waals surface area contributed by atoms with Crippen LogP contribution in [0.3, 0.4) is 0 Å². The van der Waals surface area contributed by atoms with Crippen molar-refractivity contribution in [3.63, 3.8) is 0 Å². The van der Waals surface area contributed by atoms with Gasteiger partial charge in [-0.15, -0.1) is 0 Å². The summed E-state index contributed by atoms with van der Waals surface area (Å²) >= 11 is 6.72. The molecule has 0 aliphatic carbocycles. The van der Waals surface area contributed by atoms with Crippen LogP contribution in [0.1, 0.15) is 40.5 Å². The van der Waals surface area contributed by atoms with Crippen LogP contribution in [0.2, 0.25) is 0 Å². The van der Waals surface area contributed by atoms with Gasteiger partial charge < -0.3 is 0 Å². The van der Waals surface area contributed by atoms with Crippen molar-refractivity contribution in [2.45, 2.75) is 51.5 Å². The monoisotopic (exact) mass is 439 g/mol. The molecule has 0 aliphatic heterocycles. The molecule has 0 N–H and O–H groups in total. The highest BCUT2D eigenvalue weighted by atomic mass is 79.9. The standard InChI is InChI=1S/C15H23Br2NO2S/c1-5-13(6-2)18(10-11(3)4)21(19,20)15-9-12(16)7-8-14(15)17/h7-9,11,13H,5-6,10H2,1-4H3. The average molecular weight is 441 g/mol. The largest absolute Gasteiger partial charge is 0.244 e. The lowest BCUT2D eigenvalue weighted by molar-refractivity contribution is 0.276. The highest BCUT2D eigenvalue weighted by molar-refractivity contribution is 9.11. The van der Waals surface area contributed by atoms with Crippen LogP contribution in [0.5, 0.6) is 0 Å². The molecule has 120 valence electrons. The van der Waals surface area contributed by atoms with Gasteiger partial charge >= 0.3 is 0 Å². The molecule has 1 aromatic carbocycles. The molecule has 0 saturated heterocycles. The zero-order chi connectivity index (χ0) is 16.2. The minimum atomic E-state index is -3.52. The molecule has 0 atom stereocenters. The van der Waals surface area contributed by atoms with Crippen molar-refractivity contribution < 1.29 is 8.42 Å². The van der Waals surface area contributed by atoms with E-state index in [2.05, 4.69) is 31.9 Å². The van der Waals surface area contributed by atoms with Gasteiger partial charge in [0.2, 0.25) is 10.0 Å². The molecule has 0 bridgehead atoms. The fourth-order valence-electron chi connectivity index (χ4n) is 2.30. The van der Waals surface area contributed by atoms with Crippen LogP contribution < -0.4 is 0 Å². The number of rotatable bonds is 7. The van der Waals surface area contributed by atoms with Gasteiger partial charge in [0.25, 0.3) is 0 Å². The first-order valence-electron chi connectivity index (χ1n) is 7.20. The Kier molecular flexibility index (Phi) is 7.37. The van der Waals surface area contributed by atoms with Crippen LogP contribution in [0.25, 0.3) is 0 Å². The maximum atomic E-state index is 13.1. The molecule has 1 rings (SSSR count). The first-order valence-corrected chi connectivity index (χ1v) is 10.2. The van der Waals surface area contributed by atoms with E-state index in [9.17, 15) is 8.42 Å². The lowest BCUT2D eigenvalue weighted by Gasteiger charge is -2.31. The van der Waals surface area contributed by atoms with Gasteiger partial charge in [-0.25, -0.2) is 8.42 Å². The molecule has 0 aromatic heterocycles. The molecule has 21 heavy (non-hydrogen) atoms. The van der Waals surface area contributed by atoms with Crippen molar-refractivity contribution >= 4 is 41.9 Å². The first-order chi connectivity index (χ1) is 9.73. The Morgan fingerprint density at radius 2 is 1.71 bits per heavy atom. The minimum Gasteiger partial charge on any atom is -0.207 e. The maximum absolute atomic E-state index is 13.1. The predicted molar refractivity (Wildman–Crippen MR) is 94.9 cm³/mol. The van der Waals surface area contributed by atoms with Gasteiger partial charge in [0.05, 0.1) is 4.90 Å². The summed E-state index contributed by atoms with van der Waals surface area (Å²) in [7, 11) is -3.52. The third-order valence-corrected chi connectivity index (χ3v) is 6.78. The zero-order valence-electron chi connectivity index (χ0n) is 12.9. The lowest BCUT2D eigenvalue weighted by Crippen LogP contribution is -2.42. The summed E-state index contributed by atoms with van der Waals surface area (Å²) in [5, 5.41) is 0. The molecule has 0 amide bonds. The number of halogens is 2. The molecular weight excluding hydrogens is 418 g/mol. The second kappa shape index (κ2) is 8.09. The van der Waals surface area contributed by atoms with E-state index in [1.807, 2.05) is 33.8 Å². The molecule has 0 aliphatic rings. The summed E-state index contributed by atoms with van der Waals surface area (Å²) in [6, 6.07) is 5.28. The van der Waals surface area contributed by atoms with Crippen molar-refractivity contribution in [3.05, 3.63) is 27.1 Å². The van der Waals surface area contributed by atoms with Crippen LogP contribution in [0.4, 0.5) is 0 Å². The maximum Gasteiger partial charge on any atom is 0.244 e. The summed E-state index contributed by atoms with van der Waals surface area (Å²) in [5.74, 6) is 0.284. The van der Waals surface area contributed by atoms with Crippen LogP contribution in [-0.2, 0) is 10.0 Å². The molecule has 0 heterocycles. The summed E-state index contributed by atoms with van der Waals surface area (Å²) in [6.45, 7) is 8.69. The van der Waals surface area contributed by atoms with Crippen molar-refractivity contribution in [3.8, 4) is 0 Å². The third-order valence-electron chi connectivity index (χ3n) is 3.37. The Bertz CT molecular complexity index is 569.